The Morgan fingerprint density at radius 3 is 2.65 bits per heavy atom. The minimum Gasteiger partial charge on any atom is -0.396 e. The number of hydrogen-bond acceptors (Lipinski definition) is 2. The fraction of sp³-hybridized carbons (Fsp3) is 0.467. The molecule has 1 aliphatic carbocycles. The van der Waals surface area contributed by atoms with Gasteiger partial charge in [-0.3, -0.25) is 0 Å². The van der Waals surface area contributed by atoms with Crippen molar-refractivity contribution in [1.29, 1.82) is 0 Å². The zero-order chi connectivity index (χ0) is 11.9. The number of rotatable bonds is 5. The van der Waals surface area contributed by atoms with Gasteiger partial charge in [0.25, 0.3) is 0 Å². The van der Waals surface area contributed by atoms with Crippen molar-refractivity contribution in [1.82, 2.24) is 0 Å². The molecule has 0 aliphatic heterocycles. The van der Waals surface area contributed by atoms with Gasteiger partial charge >= 0.3 is 0 Å². The Hall–Kier alpha value is -0.730. The van der Waals surface area contributed by atoms with E-state index in [2.05, 4.69) is 30.3 Å². The second kappa shape index (κ2) is 6.87. The molecule has 0 bridgehead atoms. The average molecular weight is 248 g/mol. The third-order valence-electron chi connectivity index (χ3n) is 3.15. The molecule has 1 aromatic rings. The molecule has 0 spiro atoms. The van der Waals surface area contributed by atoms with Crippen molar-refractivity contribution in [2.24, 2.45) is 0 Å². The summed E-state index contributed by atoms with van der Waals surface area (Å²) in [6.07, 6.45) is 8.32. The van der Waals surface area contributed by atoms with E-state index in [-0.39, 0.29) is 6.61 Å². The van der Waals surface area contributed by atoms with Crippen molar-refractivity contribution in [3.05, 3.63) is 42.0 Å². The monoisotopic (exact) mass is 248 g/mol. The summed E-state index contributed by atoms with van der Waals surface area (Å²) in [5.41, 5.74) is 1.54. The van der Waals surface area contributed by atoms with Crippen LogP contribution in [0.5, 0.6) is 0 Å². The molecule has 0 fully saturated rings. The molecular formula is C15H20OS. The molecule has 0 radical (unpaired) electrons. The summed E-state index contributed by atoms with van der Waals surface area (Å²) in [5, 5.41) is 9.67. The summed E-state index contributed by atoms with van der Waals surface area (Å²) >= 11 is 1.89. The molecule has 1 nitrogen and oxygen atoms in total. The lowest BCUT2D eigenvalue weighted by Gasteiger charge is -2.22. The zero-order valence-corrected chi connectivity index (χ0v) is 11.0. The van der Waals surface area contributed by atoms with Crippen molar-refractivity contribution in [2.75, 3.05) is 6.61 Å². The Kier molecular flexibility index (Phi) is 5.14. The summed E-state index contributed by atoms with van der Waals surface area (Å²) in [6.45, 7) is 0.280. The lowest BCUT2D eigenvalue weighted by Crippen LogP contribution is -2.11. The van der Waals surface area contributed by atoms with Crippen LogP contribution >= 0.6 is 11.8 Å². The molecule has 0 aromatic heterocycles. The van der Waals surface area contributed by atoms with Crippen LogP contribution in [0.3, 0.4) is 0 Å². The molecule has 17 heavy (non-hydrogen) atoms. The van der Waals surface area contributed by atoms with Crippen LogP contribution < -0.4 is 0 Å². The first-order valence-corrected chi connectivity index (χ1v) is 7.29. The quantitative estimate of drug-likeness (QED) is 0.627. The van der Waals surface area contributed by atoms with Crippen LogP contribution in [0, 0.1) is 0 Å². The van der Waals surface area contributed by atoms with E-state index in [0.717, 1.165) is 6.42 Å². The number of aliphatic hydroxyl groups is 1. The minimum atomic E-state index is 0.280. The van der Waals surface area contributed by atoms with Crippen molar-refractivity contribution in [3.63, 3.8) is 0 Å². The Morgan fingerprint density at radius 1 is 1.18 bits per heavy atom. The second-order valence-electron chi connectivity index (χ2n) is 4.46. The Morgan fingerprint density at radius 2 is 2.00 bits per heavy atom. The average Bonchev–Trinajstić information content (AvgIpc) is 2.40. The van der Waals surface area contributed by atoms with E-state index in [1.54, 1.807) is 5.57 Å². The third kappa shape index (κ3) is 3.90. The standard InChI is InChI=1S/C15H20OS/c16-12-11-15(13-7-3-1-4-8-13)17-14-9-5-2-6-10-14/h2,5-7,9-10,15-16H,1,3-4,8,11-12H2. The van der Waals surface area contributed by atoms with Crippen molar-refractivity contribution in [3.8, 4) is 0 Å². The van der Waals surface area contributed by atoms with Crippen LogP contribution in [0.15, 0.2) is 46.9 Å². The predicted octanol–water partition coefficient (Wildman–Crippen LogP) is 4.03. The molecule has 0 heterocycles. The lowest BCUT2D eigenvalue weighted by atomic mass is 9.96. The van der Waals surface area contributed by atoms with E-state index >= 15 is 0 Å². The maximum Gasteiger partial charge on any atom is 0.0444 e. The molecular weight excluding hydrogens is 228 g/mol. The van der Waals surface area contributed by atoms with E-state index in [4.69, 9.17) is 0 Å². The molecule has 2 rings (SSSR count). The molecule has 1 aromatic carbocycles. The van der Waals surface area contributed by atoms with Crippen LogP contribution in [0.2, 0.25) is 0 Å². The van der Waals surface area contributed by atoms with Crippen molar-refractivity contribution < 1.29 is 5.11 Å². The number of aliphatic hydroxyl groups excluding tert-OH is 1. The third-order valence-corrected chi connectivity index (χ3v) is 4.52. The Balaban J connectivity index is 2.04. The lowest BCUT2D eigenvalue weighted by molar-refractivity contribution is 0.289. The molecule has 2 heteroatoms. The Bertz CT molecular complexity index is 358. The van der Waals surface area contributed by atoms with Gasteiger partial charge in [0.2, 0.25) is 0 Å². The van der Waals surface area contributed by atoms with Crippen molar-refractivity contribution >= 4 is 11.8 Å². The largest absolute Gasteiger partial charge is 0.396 e. The molecule has 0 saturated carbocycles. The molecule has 1 N–H and O–H groups in total. The van der Waals surface area contributed by atoms with Crippen LogP contribution in [0.4, 0.5) is 0 Å². The van der Waals surface area contributed by atoms with E-state index < -0.39 is 0 Å². The van der Waals surface area contributed by atoms with Gasteiger partial charge in [-0.05, 0) is 44.2 Å². The molecule has 1 aliphatic rings. The smallest absolute Gasteiger partial charge is 0.0444 e. The first kappa shape index (κ1) is 12.7. The highest BCUT2D eigenvalue weighted by Gasteiger charge is 2.16. The van der Waals surface area contributed by atoms with Gasteiger partial charge in [0.1, 0.15) is 0 Å². The van der Waals surface area contributed by atoms with Gasteiger partial charge in [-0.1, -0.05) is 29.8 Å². The highest BCUT2D eigenvalue weighted by Crippen LogP contribution is 2.34. The highest BCUT2D eigenvalue weighted by atomic mass is 32.2. The molecule has 92 valence electrons. The summed E-state index contributed by atoms with van der Waals surface area (Å²) in [6, 6.07) is 10.5. The molecule has 0 amide bonds. The van der Waals surface area contributed by atoms with Gasteiger partial charge in [0.05, 0.1) is 0 Å². The number of benzene rings is 1. The van der Waals surface area contributed by atoms with Gasteiger partial charge in [0, 0.05) is 16.8 Å². The summed E-state index contributed by atoms with van der Waals surface area (Å²) < 4.78 is 0. The van der Waals surface area contributed by atoms with Crippen LogP contribution in [-0.4, -0.2) is 17.0 Å². The van der Waals surface area contributed by atoms with Crippen LogP contribution in [0.1, 0.15) is 32.1 Å². The molecule has 1 unspecified atom stereocenters. The van der Waals surface area contributed by atoms with E-state index in [0.29, 0.717) is 5.25 Å². The fourth-order valence-electron chi connectivity index (χ4n) is 2.26. The highest BCUT2D eigenvalue weighted by molar-refractivity contribution is 8.00. The minimum absolute atomic E-state index is 0.280. The molecule has 0 saturated heterocycles. The molecule has 1 atom stereocenters. The summed E-state index contributed by atoms with van der Waals surface area (Å²) in [4.78, 5) is 1.30. The number of hydrogen-bond donors (Lipinski definition) is 1. The van der Waals surface area contributed by atoms with Gasteiger partial charge in [-0.2, -0.15) is 0 Å². The Labute approximate surface area is 108 Å². The maximum absolute atomic E-state index is 9.20. The van der Waals surface area contributed by atoms with E-state index in [9.17, 15) is 5.11 Å². The zero-order valence-electron chi connectivity index (χ0n) is 10.1. The number of allylic oxidation sites excluding steroid dienone is 1. The SMILES string of the molecule is OCCC(Sc1ccccc1)C1=CCCCC1. The maximum atomic E-state index is 9.20. The first-order chi connectivity index (χ1) is 8.40. The normalized spacial score (nSPS) is 17.6. The first-order valence-electron chi connectivity index (χ1n) is 6.41. The summed E-state index contributed by atoms with van der Waals surface area (Å²) in [5.74, 6) is 0. The number of thioether (sulfide) groups is 1. The van der Waals surface area contributed by atoms with E-state index in [1.165, 1.54) is 30.6 Å². The van der Waals surface area contributed by atoms with Crippen LogP contribution in [0.25, 0.3) is 0 Å². The van der Waals surface area contributed by atoms with Crippen LogP contribution in [-0.2, 0) is 0 Å². The van der Waals surface area contributed by atoms with Crippen molar-refractivity contribution in [2.45, 2.75) is 42.2 Å². The van der Waals surface area contributed by atoms with Gasteiger partial charge in [-0.25, -0.2) is 0 Å². The van der Waals surface area contributed by atoms with Gasteiger partial charge in [0.15, 0.2) is 0 Å². The topological polar surface area (TPSA) is 20.2 Å². The predicted molar refractivity (Wildman–Crippen MR) is 74.3 cm³/mol. The fourth-order valence-corrected chi connectivity index (χ4v) is 3.49. The second-order valence-corrected chi connectivity index (χ2v) is 5.73. The van der Waals surface area contributed by atoms with Gasteiger partial charge in [-0.15, -0.1) is 11.8 Å². The van der Waals surface area contributed by atoms with E-state index in [1.807, 2.05) is 17.8 Å². The summed E-state index contributed by atoms with van der Waals surface area (Å²) in [7, 11) is 0. The van der Waals surface area contributed by atoms with Gasteiger partial charge < -0.3 is 5.11 Å².